The second-order valence-corrected chi connectivity index (χ2v) is 13.7. The van der Waals surface area contributed by atoms with E-state index in [0.717, 1.165) is 0 Å². The van der Waals surface area contributed by atoms with E-state index in [2.05, 4.69) is 189 Å². The largest absolute Gasteiger partial charge is 0.309 e. The maximum absolute atomic E-state index is 2.46. The Morgan fingerprint density at radius 1 is 0.294 bits per heavy atom. The summed E-state index contributed by atoms with van der Waals surface area (Å²) in [5.74, 6) is 0. The monoisotopic (exact) mass is 647 g/mol. The van der Waals surface area contributed by atoms with Crippen LogP contribution in [0.2, 0.25) is 0 Å². The Hall–Kier alpha value is -6.84. The van der Waals surface area contributed by atoms with Crippen LogP contribution in [0.4, 0.5) is 0 Å². The van der Waals surface area contributed by atoms with Crippen LogP contribution in [0, 0.1) is 0 Å². The van der Waals surface area contributed by atoms with Crippen LogP contribution >= 0.6 is 0 Å². The topological polar surface area (TPSA) is 14.3 Å². The van der Waals surface area contributed by atoms with Crippen molar-refractivity contribution < 1.29 is 0 Å². The maximum Gasteiger partial charge on any atom is 0.0620 e. The van der Waals surface area contributed by atoms with Crippen molar-refractivity contribution in [3.05, 3.63) is 176 Å². The minimum atomic E-state index is 1.17. The van der Waals surface area contributed by atoms with Crippen LogP contribution in [0.1, 0.15) is 0 Å². The summed E-state index contributed by atoms with van der Waals surface area (Å²) in [5.41, 5.74) is 13.4. The minimum absolute atomic E-state index is 1.17. The fraction of sp³-hybridized carbons (Fsp3) is 0. The Balaban J connectivity index is 1.12. The van der Waals surface area contributed by atoms with Gasteiger partial charge in [-0.3, -0.25) is 0 Å². The van der Waals surface area contributed by atoms with Crippen molar-refractivity contribution in [2.75, 3.05) is 0 Å². The Bertz CT molecular complexity index is 3360. The molecule has 3 heteroatoms. The van der Waals surface area contributed by atoms with E-state index >= 15 is 0 Å². The van der Waals surface area contributed by atoms with E-state index in [1.165, 1.54) is 104 Å². The van der Waals surface area contributed by atoms with Crippen LogP contribution in [0.3, 0.4) is 0 Å². The van der Waals surface area contributed by atoms with Crippen LogP contribution in [0.25, 0.3) is 104 Å². The van der Waals surface area contributed by atoms with Gasteiger partial charge in [-0.15, -0.1) is 0 Å². The maximum atomic E-state index is 2.46. The Morgan fingerprint density at radius 2 is 0.863 bits per heavy atom. The highest BCUT2D eigenvalue weighted by atomic mass is 15.0. The number of nitrogens with zero attached hydrogens (tertiary/aromatic N) is 3. The van der Waals surface area contributed by atoms with Crippen LogP contribution < -0.4 is 0 Å². The zero-order chi connectivity index (χ0) is 33.2. The molecule has 3 nitrogen and oxygen atoms in total. The molecule has 12 aromatic rings. The smallest absolute Gasteiger partial charge is 0.0620 e. The van der Waals surface area contributed by atoms with Gasteiger partial charge in [0.15, 0.2) is 0 Å². The van der Waals surface area contributed by atoms with E-state index in [-0.39, 0.29) is 0 Å². The van der Waals surface area contributed by atoms with Crippen molar-refractivity contribution in [1.29, 1.82) is 0 Å². The summed E-state index contributed by atoms with van der Waals surface area (Å²) in [6.45, 7) is 0. The third-order valence-corrected chi connectivity index (χ3v) is 11.2. The van der Waals surface area contributed by atoms with Crippen molar-refractivity contribution >= 4 is 81.7 Å². The molecular weight excluding hydrogens is 619 g/mol. The predicted octanol–water partition coefficient (Wildman–Crippen LogP) is 12.7. The molecule has 0 aliphatic carbocycles. The van der Waals surface area contributed by atoms with Gasteiger partial charge in [0.05, 0.1) is 38.6 Å². The number of para-hydroxylation sites is 5. The Morgan fingerprint density at radius 3 is 1.69 bits per heavy atom. The molecule has 0 aliphatic rings. The highest BCUT2D eigenvalue weighted by molar-refractivity contribution is 6.24. The molecule has 8 aromatic carbocycles. The van der Waals surface area contributed by atoms with Crippen molar-refractivity contribution in [2.24, 2.45) is 0 Å². The van der Waals surface area contributed by atoms with Gasteiger partial charge in [-0.25, -0.2) is 0 Å². The molecule has 0 spiro atoms. The summed E-state index contributed by atoms with van der Waals surface area (Å²) in [5, 5.41) is 10.3. The van der Waals surface area contributed by atoms with Crippen molar-refractivity contribution in [1.82, 2.24) is 13.5 Å². The third kappa shape index (κ3) is 3.52. The van der Waals surface area contributed by atoms with Crippen molar-refractivity contribution in [3.8, 4) is 22.5 Å². The van der Waals surface area contributed by atoms with Crippen molar-refractivity contribution in [2.45, 2.75) is 0 Å². The lowest BCUT2D eigenvalue weighted by molar-refractivity contribution is 1.18. The summed E-state index contributed by atoms with van der Waals surface area (Å²) in [6, 6.07) is 64.7. The highest BCUT2D eigenvalue weighted by Gasteiger charge is 2.21. The summed E-state index contributed by atoms with van der Waals surface area (Å²) >= 11 is 0. The summed E-state index contributed by atoms with van der Waals surface area (Å²) in [4.78, 5) is 0. The van der Waals surface area contributed by atoms with Gasteiger partial charge in [-0.1, -0.05) is 115 Å². The molecular formula is C48H29N3. The Kier molecular flexibility index (Phi) is 5.23. The van der Waals surface area contributed by atoms with Crippen LogP contribution in [0.15, 0.2) is 176 Å². The van der Waals surface area contributed by atoms with Gasteiger partial charge in [-0.2, -0.15) is 0 Å². The van der Waals surface area contributed by atoms with E-state index in [1.807, 2.05) is 0 Å². The van der Waals surface area contributed by atoms with Crippen LogP contribution in [-0.4, -0.2) is 13.5 Å². The Labute approximate surface area is 292 Å². The SMILES string of the molecule is c1ccc(-n2c3ccccc3c3ccc(-c4cccc5c4c4ccccc4n5-c4ccc5c(c4)c4cccc6c7ccccc7n5c64)cc32)cc1. The van der Waals surface area contributed by atoms with E-state index in [4.69, 9.17) is 0 Å². The summed E-state index contributed by atoms with van der Waals surface area (Å²) < 4.78 is 7.32. The van der Waals surface area contributed by atoms with E-state index < -0.39 is 0 Å². The van der Waals surface area contributed by atoms with Gasteiger partial charge < -0.3 is 13.5 Å². The number of rotatable bonds is 3. The molecule has 0 fully saturated rings. The molecule has 0 amide bonds. The molecule has 236 valence electrons. The fourth-order valence-corrected chi connectivity index (χ4v) is 9.09. The van der Waals surface area contributed by atoms with E-state index in [9.17, 15) is 0 Å². The normalized spacial score (nSPS) is 12.3. The van der Waals surface area contributed by atoms with Gasteiger partial charge in [0, 0.05) is 54.5 Å². The lowest BCUT2D eigenvalue weighted by Gasteiger charge is -2.11. The van der Waals surface area contributed by atoms with Gasteiger partial charge in [-0.05, 0) is 71.8 Å². The first-order chi connectivity index (χ1) is 25.3. The average Bonchev–Trinajstić information content (AvgIpc) is 3.92. The molecule has 12 rings (SSSR count). The van der Waals surface area contributed by atoms with E-state index in [1.54, 1.807) is 0 Å². The van der Waals surface area contributed by atoms with E-state index in [0.29, 0.717) is 0 Å². The van der Waals surface area contributed by atoms with Gasteiger partial charge in [0.2, 0.25) is 0 Å². The molecule has 0 N–H and O–H groups in total. The summed E-state index contributed by atoms with van der Waals surface area (Å²) in [7, 11) is 0. The molecule has 4 aromatic heterocycles. The fourth-order valence-electron chi connectivity index (χ4n) is 9.09. The quantitative estimate of drug-likeness (QED) is 0.181. The summed E-state index contributed by atoms with van der Waals surface area (Å²) in [6.07, 6.45) is 0. The zero-order valence-electron chi connectivity index (χ0n) is 27.6. The highest BCUT2D eigenvalue weighted by Crippen LogP contribution is 2.43. The van der Waals surface area contributed by atoms with Gasteiger partial charge >= 0.3 is 0 Å². The first-order valence-corrected chi connectivity index (χ1v) is 17.6. The molecule has 0 atom stereocenters. The molecule has 0 aliphatic heterocycles. The number of hydrogen-bond acceptors (Lipinski definition) is 0. The first kappa shape index (κ1) is 27.0. The predicted molar refractivity (Wildman–Crippen MR) is 215 cm³/mol. The lowest BCUT2D eigenvalue weighted by Crippen LogP contribution is -1.94. The lowest BCUT2D eigenvalue weighted by atomic mass is 9.98. The minimum Gasteiger partial charge on any atom is -0.309 e. The van der Waals surface area contributed by atoms with Gasteiger partial charge in [0.25, 0.3) is 0 Å². The number of benzene rings is 8. The molecule has 0 saturated carbocycles. The molecule has 0 bridgehead atoms. The van der Waals surface area contributed by atoms with Gasteiger partial charge in [0.1, 0.15) is 0 Å². The van der Waals surface area contributed by atoms with Crippen LogP contribution in [-0.2, 0) is 0 Å². The molecule has 0 unspecified atom stereocenters. The second kappa shape index (κ2) is 9.87. The van der Waals surface area contributed by atoms with Crippen molar-refractivity contribution in [3.63, 3.8) is 0 Å². The van der Waals surface area contributed by atoms with Crippen LogP contribution in [0.5, 0.6) is 0 Å². The molecule has 0 radical (unpaired) electrons. The standard InChI is InChI=1S/C48H29N3/c1-2-12-31(13-3-1)49-41-20-7-4-14-34(41)36-26-24-30(28-46(36)49)33-17-11-23-45-47(33)39-16-6-9-22-43(39)50(45)32-25-27-44-40(29-32)38-19-10-18-37-35-15-5-8-21-42(35)51(44)48(37)38/h1-29H. The zero-order valence-corrected chi connectivity index (χ0v) is 27.6. The molecule has 0 saturated heterocycles. The number of hydrogen-bond donors (Lipinski definition) is 0. The molecule has 4 heterocycles. The second-order valence-electron chi connectivity index (χ2n) is 13.7. The number of aromatic nitrogens is 3. The average molecular weight is 648 g/mol. The number of fused-ring (bicyclic) bond motifs is 12. The molecule has 51 heavy (non-hydrogen) atoms. The third-order valence-electron chi connectivity index (χ3n) is 11.2. The first-order valence-electron chi connectivity index (χ1n) is 17.6.